The lowest BCUT2D eigenvalue weighted by atomic mass is 10.2. The second kappa shape index (κ2) is 6.21. The summed E-state index contributed by atoms with van der Waals surface area (Å²) in [6, 6.07) is 3.52. The van der Waals surface area contributed by atoms with E-state index in [-0.39, 0.29) is 12.6 Å². The van der Waals surface area contributed by atoms with Gasteiger partial charge in [-0.2, -0.15) is 11.8 Å². The van der Waals surface area contributed by atoms with Gasteiger partial charge in [0.2, 0.25) is 0 Å². The lowest BCUT2D eigenvalue weighted by Crippen LogP contribution is -2.06. The number of thioether (sulfide) groups is 1. The molecule has 0 fully saturated rings. The second-order valence-corrected chi connectivity index (χ2v) is 4.86. The van der Waals surface area contributed by atoms with Crippen LogP contribution in [0, 0.1) is 23.3 Å². The summed E-state index contributed by atoms with van der Waals surface area (Å²) in [6.07, 6.45) is 1.90. The largest absolute Gasteiger partial charge is 0.463 e. The first kappa shape index (κ1) is 14.8. The van der Waals surface area contributed by atoms with Crippen molar-refractivity contribution >= 4 is 17.4 Å². The topological polar surface area (TPSA) is 25.2 Å². The van der Waals surface area contributed by atoms with Crippen molar-refractivity contribution in [2.24, 2.45) is 0 Å². The molecule has 1 heterocycles. The number of hydrogen-bond acceptors (Lipinski definition) is 3. The Bertz CT molecular complexity index is 588. The highest BCUT2D eigenvalue weighted by Gasteiger charge is 2.19. The minimum atomic E-state index is -1.46. The Morgan fingerprint density at radius 2 is 1.65 bits per heavy atom. The minimum Gasteiger partial charge on any atom is -0.463 e. The third kappa shape index (κ3) is 3.09. The van der Waals surface area contributed by atoms with Gasteiger partial charge in [-0.05, 0) is 18.4 Å². The quantitative estimate of drug-likeness (QED) is 0.658. The first-order valence-electron chi connectivity index (χ1n) is 5.66. The molecule has 0 bridgehead atoms. The van der Waals surface area contributed by atoms with E-state index in [9.17, 15) is 17.6 Å². The van der Waals surface area contributed by atoms with E-state index in [4.69, 9.17) is 4.42 Å². The number of halogens is 4. The molecule has 7 heteroatoms. The Kier molecular flexibility index (Phi) is 4.59. The summed E-state index contributed by atoms with van der Waals surface area (Å²) in [4.78, 5) is 0. The van der Waals surface area contributed by atoms with E-state index in [0.717, 1.165) is 0 Å². The van der Waals surface area contributed by atoms with E-state index >= 15 is 0 Å². The summed E-state index contributed by atoms with van der Waals surface area (Å²) >= 11 is 1.56. The van der Waals surface area contributed by atoms with E-state index < -0.39 is 29.0 Å². The molecule has 1 N–H and O–H groups in total. The van der Waals surface area contributed by atoms with Gasteiger partial charge >= 0.3 is 0 Å². The van der Waals surface area contributed by atoms with Crippen LogP contribution in [0.25, 0.3) is 0 Å². The maximum atomic E-state index is 13.4. The molecule has 1 aromatic heterocycles. The van der Waals surface area contributed by atoms with Gasteiger partial charge in [-0.3, -0.25) is 0 Å². The van der Waals surface area contributed by atoms with Crippen LogP contribution in [-0.4, -0.2) is 6.26 Å². The first-order valence-corrected chi connectivity index (χ1v) is 7.05. The Morgan fingerprint density at radius 1 is 1.05 bits per heavy atom. The van der Waals surface area contributed by atoms with Crippen LogP contribution in [0.15, 0.2) is 22.6 Å². The van der Waals surface area contributed by atoms with Gasteiger partial charge in [-0.15, -0.1) is 0 Å². The van der Waals surface area contributed by atoms with E-state index in [1.165, 1.54) is 0 Å². The fourth-order valence-electron chi connectivity index (χ4n) is 1.64. The van der Waals surface area contributed by atoms with Gasteiger partial charge in [0, 0.05) is 6.07 Å². The fourth-order valence-corrected chi connectivity index (χ4v) is 2.08. The SMILES string of the molecule is CSCc1ccc(CNc2c(F)c(F)cc(F)c2F)o1. The van der Waals surface area contributed by atoms with Gasteiger partial charge in [0.25, 0.3) is 0 Å². The molecule has 0 spiro atoms. The molecule has 0 radical (unpaired) electrons. The molecule has 0 aliphatic rings. The molecular weight excluding hydrogens is 294 g/mol. The molecular formula is C13H11F4NOS. The van der Waals surface area contributed by atoms with Crippen molar-refractivity contribution in [3.63, 3.8) is 0 Å². The Labute approximate surface area is 117 Å². The zero-order valence-corrected chi connectivity index (χ0v) is 11.3. The molecule has 0 saturated carbocycles. The van der Waals surface area contributed by atoms with Gasteiger partial charge < -0.3 is 9.73 Å². The van der Waals surface area contributed by atoms with Crippen LogP contribution >= 0.6 is 11.8 Å². The van der Waals surface area contributed by atoms with E-state index in [2.05, 4.69) is 5.32 Å². The fraction of sp³-hybridized carbons (Fsp3) is 0.231. The molecule has 2 aromatic rings. The van der Waals surface area contributed by atoms with Crippen molar-refractivity contribution in [1.29, 1.82) is 0 Å². The number of nitrogens with one attached hydrogen (secondary N) is 1. The molecule has 0 aliphatic heterocycles. The van der Waals surface area contributed by atoms with E-state index in [1.54, 1.807) is 23.9 Å². The summed E-state index contributed by atoms with van der Waals surface area (Å²) in [6.45, 7) is -0.0783. The molecule has 108 valence electrons. The van der Waals surface area contributed by atoms with Crippen LogP contribution in [-0.2, 0) is 12.3 Å². The number of hydrogen-bond donors (Lipinski definition) is 1. The number of rotatable bonds is 5. The van der Waals surface area contributed by atoms with Crippen molar-refractivity contribution in [3.8, 4) is 0 Å². The zero-order valence-electron chi connectivity index (χ0n) is 10.5. The highest BCUT2D eigenvalue weighted by Crippen LogP contribution is 2.25. The summed E-state index contributed by atoms with van der Waals surface area (Å²) in [5.41, 5.74) is -0.842. The van der Waals surface area contributed by atoms with Crippen molar-refractivity contribution in [1.82, 2.24) is 0 Å². The molecule has 0 aliphatic carbocycles. The zero-order chi connectivity index (χ0) is 14.7. The summed E-state index contributed by atoms with van der Waals surface area (Å²) in [5.74, 6) is -4.03. The van der Waals surface area contributed by atoms with E-state index in [1.807, 2.05) is 6.26 Å². The Balaban J connectivity index is 2.14. The summed E-state index contributed by atoms with van der Waals surface area (Å²) in [5, 5.41) is 2.30. The van der Waals surface area contributed by atoms with Gasteiger partial charge in [0.05, 0.1) is 12.3 Å². The number of furan rings is 1. The molecule has 0 saturated heterocycles. The monoisotopic (exact) mass is 305 g/mol. The average Bonchev–Trinajstić information content (AvgIpc) is 2.85. The predicted octanol–water partition coefficient (Wildman–Crippen LogP) is 4.31. The van der Waals surface area contributed by atoms with Crippen LogP contribution in [0.4, 0.5) is 23.2 Å². The normalized spacial score (nSPS) is 10.8. The van der Waals surface area contributed by atoms with Crippen LogP contribution in [0.1, 0.15) is 11.5 Å². The van der Waals surface area contributed by atoms with Crippen LogP contribution in [0.5, 0.6) is 0 Å². The van der Waals surface area contributed by atoms with Gasteiger partial charge in [0.1, 0.15) is 17.2 Å². The predicted molar refractivity (Wildman–Crippen MR) is 69.5 cm³/mol. The standard InChI is InChI=1S/C13H11F4NOS/c1-20-6-8-3-2-7(19-8)5-18-13-11(16)9(14)4-10(15)12(13)17/h2-4,18H,5-6H2,1H3. The molecule has 2 rings (SSSR count). The minimum absolute atomic E-state index is 0.0783. The van der Waals surface area contributed by atoms with E-state index in [0.29, 0.717) is 17.3 Å². The molecule has 1 aromatic carbocycles. The lowest BCUT2D eigenvalue weighted by molar-refractivity contribution is 0.455. The second-order valence-electron chi connectivity index (χ2n) is 4.00. The highest BCUT2D eigenvalue weighted by atomic mass is 32.2. The Hall–Kier alpha value is -1.63. The lowest BCUT2D eigenvalue weighted by Gasteiger charge is -2.08. The van der Waals surface area contributed by atoms with Crippen molar-refractivity contribution in [2.45, 2.75) is 12.3 Å². The maximum Gasteiger partial charge on any atom is 0.185 e. The van der Waals surface area contributed by atoms with Gasteiger partial charge in [0.15, 0.2) is 23.3 Å². The number of benzene rings is 1. The molecule has 2 nitrogen and oxygen atoms in total. The molecule has 0 amide bonds. The summed E-state index contributed by atoms with van der Waals surface area (Å²) in [7, 11) is 0. The van der Waals surface area contributed by atoms with Crippen LogP contribution < -0.4 is 5.32 Å². The maximum absolute atomic E-state index is 13.4. The van der Waals surface area contributed by atoms with Gasteiger partial charge in [-0.1, -0.05) is 0 Å². The summed E-state index contributed by atoms with van der Waals surface area (Å²) < 4.78 is 58.2. The van der Waals surface area contributed by atoms with Crippen molar-refractivity contribution in [3.05, 3.63) is 53.0 Å². The Morgan fingerprint density at radius 3 is 2.25 bits per heavy atom. The van der Waals surface area contributed by atoms with Crippen molar-refractivity contribution in [2.75, 3.05) is 11.6 Å². The average molecular weight is 305 g/mol. The third-order valence-electron chi connectivity index (χ3n) is 2.56. The molecule has 20 heavy (non-hydrogen) atoms. The third-order valence-corrected chi connectivity index (χ3v) is 3.13. The van der Waals surface area contributed by atoms with Crippen LogP contribution in [0.3, 0.4) is 0 Å². The van der Waals surface area contributed by atoms with Crippen molar-refractivity contribution < 1.29 is 22.0 Å². The first-order chi connectivity index (χ1) is 9.52. The van der Waals surface area contributed by atoms with Crippen LogP contribution in [0.2, 0.25) is 0 Å². The van der Waals surface area contributed by atoms with Gasteiger partial charge in [-0.25, -0.2) is 17.6 Å². The molecule has 0 unspecified atom stereocenters. The smallest absolute Gasteiger partial charge is 0.185 e. The molecule has 0 atom stereocenters. The number of anilines is 1. The highest BCUT2D eigenvalue weighted by molar-refractivity contribution is 7.97.